The second-order valence-corrected chi connectivity index (χ2v) is 3.36. The number of hydrogen-bond donors (Lipinski definition) is 1. The molecule has 1 aromatic rings. The summed E-state index contributed by atoms with van der Waals surface area (Å²) in [5, 5.41) is 0. The van der Waals surface area contributed by atoms with E-state index in [1.165, 1.54) is 18.1 Å². The van der Waals surface area contributed by atoms with Gasteiger partial charge in [-0.15, -0.1) is 0 Å². The summed E-state index contributed by atoms with van der Waals surface area (Å²) in [4.78, 5) is 27.3. The third-order valence-corrected chi connectivity index (χ3v) is 1.99. The molecule has 0 atom stereocenters. The number of methoxy groups -OCH3 is 1. The molecule has 5 heteroatoms. The van der Waals surface area contributed by atoms with E-state index in [2.05, 4.69) is 9.72 Å². The molecule has 0 fully saturated rings. The van der Waals surface area contributed by atoms with Crippen molar-refractivity contribution < 1.29 is 14.3 Å². The van der Waals surface area contributed by atoms with Crippen LogP contribution in [0.1, 0.15) is 5.69 Å². The van der Waals surface area contributed by atoms with Gasteiger partial charge in [0.05, 0.1) is 18.4 Å². The second-order valence-electron chi connectivity index (χ2n) is 3.36. The van der Waals surface area contributed by atoms with Gasteiger partial charge in [0.1, 0.15) is 0 Å². The molecular weight excluding hydrogens is 208 g/mol. The minimum Gasteiger partial charge on any atom is -0.466 e. The Morgan fingerprint density at radius 3 is 2.56 bits per heavy atom. The van der Waals surface area contributed by atoms with Crippen LogP contribution in [0, 0.1) is 0 Å². The highest BCUT2D eigenvalue weighted by Crippen LogP contribution is 2.14. The Balaban J connectivity index is 3.09. The van der Waals surface area contributed by atoms with Crippen molar-refractivity contribution in [3.8, 4) is 0 Å². The van der Waals surface area contributed by atoms with E-state index >= 15 is 0 Å². The van der Waals surface area contributed by atoms with Gasteiger partial charge in [0.15, 0.2) is 0 Å². The molecule has 1 amide bonds. The monoisotopic (exact) mass is 222 g/mol. The lowest BCUT2D eigenvalue weighted by Crippen LogP contribution is -2.23. The van der Waals surface area contributed by atoms with E-state index in [0.29, 0.717) is 5.69 Å². The lowest BCUT2D eigenvalue weighted by atomic mass is 10.1. The Labute approximate surface area is 93.7 Å². The fraction of sp³-hybridized carbons (Fsp3) is 0.273. The van der Waals surface area contributed by atoms with Gasteiger partial charge in [0.2, 0.25) is 0 Å². The zero-order chi connectivity index (χ0) is 12.1. The molecule has 1 heterocycles. The van der Waals surface area contributed by atoms with Crippen molar-refractivity contribution in [3.63, 3.8) is 0 Å². The molecule has 0 aliphatic carbocycles. The van der Waals surface area contributed by atoms with Crippen LogP contribution >= 0.6 is 0 Å². The van der Waals surface area contributed by atoms with Crippen molar-refractivity contribution in [3.05, 3.63) is 30.1 Å². The van der Waals surface area contributed by atoms with Crippen molar-refractivity contribution in [2.75, 3.05) is 21.2 Å². The summed E-state index contributed by atoms with van der Waals surface area (Å²) in [6.45, 7) is 0. The molecule has 1 aromatic heterocycles. The average molecular weight is 222 g/mol. The zero-order valence-electron chi connectivity index (χ0n) is 9.48. The molecule has 0 aromatic carbocycles. The first-order valence-corrected chi connectivity index (χ1v) is 4.71. The Kier molecular flexibility index (Phi) is 3.88. The molecule has 0 saturated carbocycles. The number of hydrogen-bond acceptors (Lipinski definition) is 3. The molecule has 86 valence electrons. The quantitative estimate of drug-likeness (QED) is 0.603. The number of rotatable bonds is 3. The molecule has 0 aliphatic rings. The van der Waals surface area contributed by atoms with Gasteiger partial charge in [-0.2, -0.15) is 0 Å². The summed E-state index contributed by atoms with van der Waals surface area (Å²) >= 11 is 0. The number of aromatic amines is 1. The molecular formula is C11H14N2O3. The van der Waals surface area contributed by atoms with E-state index in [4.69, 9.17) is 0 Å². The lowest BCUT2D eigenvalue weighted by molar-refractivity contribution is -0.135. The van der Waals surface area contributed by atoms with Crippen LogP contribution < -0.4 is 0 Å². The van der Waals surface area contributed by atoms with Gasteiger partial charge in [-0.25, -0.2) is 4.79 Å². The average Bonchev–Trinajstić information content (AvgIpc) is 2.77. The third-order valence-electron chi connectivity index (χ3n) is 1.99. The number of nitrogens with zero attached hydrogens (tertiary/aromatic N) is 1. The van der Waals surface area contributed by atoms with Crippen molar-refractivity contribution in [1.82, 2.24) is 9.88 Å². The first kappa shape index (κ1) is 12.0. The summed E-state index contributed by atoms with van der Waals surface area (Å²) in [5.74, 6) is -0.812. The van der Waals surface area contributed by atoms with Gasteiger partial charge in [0, 0.05) is 26.4 Å². The van der Waals surface area contributed by atoms with Gasteiger partial charge in [-0.05, 0) is 12.1 Å². The normalized spacial score (nSPS) is 11.1. The maximum Gasteiger partial charge on any atom is 0.331 e. The lowest BCUT2D eigenvalue weighted by Gasteiger charge is -2.12. The molecule has 0 unspecified atom stereocenters. The highest BCUT2D eigenvalue weighted by Gasteiger charge is 2.16. The van der Waals surface area contributed by atoms with Crippen LogP contribution in [-0.2, 0) is 14.3 Å². The highest BCUT2D eigenvalue weighted by atomic mass is 16.5. The first-order valence-electron chi connectivity index (χ1n) is 4.71. The van der Waals surface area contributed by atoms with E-state index in [1.54, 1.807) is 32.4 Å². The standard InChI is InChI=1S/C11H14N2O3/c1-13(2)11(15)8(7-10(14)16-3)9-5-4-6-12-9/h4-7,12H,1-3H3/b8-7+. The van der Waals surface area contributed by atoms with Crippen molar-refractivity contribution in [1.29, 1.82) is 0 Å². The SMILES string of the molecule is COC(=O)/C=C(/C(=O)N(C)C)c1ccc[nH]1. The summed E-state index contributed by atoms with van der Waals surface area (Å²) < 4.78 is 4.51. The minimum atomic E-state index is -0.556. The van der Waals surface area contributed by atoms with Gasteiger partial charge in [0.25, 0.3) is 5.91 Å². The van der Waals surface area contributed by atoms with Crippen molar-refractivity contribution in [2.45, 2.75) is 0 Å². The number of likely N-dealkylation sites (N-methyl/N-ethyl adjacent to an activating group) is 1. The van der Waals surface area contributed by atoms with E-state index in [1.807, 2.05) is 0 Å². The van der Waals surface area contributed by atoms with E-state index < -0.39 is 5.97 Å². The van der Waals surface area contributed by atoms with Gasteiger partial charge >= 0.3 is 5.97 Å². The van der Waals surface area contributed by atoms with Crippen LogP contribution in [-0.4, -0.2) is 43.0 Å². The summed E-state index contributed by atoms with van der Waals surface area (Å²) in [6, 6.07) is 3.47. The second kappa shape index (κ2) is 5.16. The number of amides is 1. The van der Waals surface area contributed by atoms with Crippen molar-refractivity contribution >= 4 is 17.4 Å². The maximum atomic E-state index is 11.8. The first-order chi connectivity index (χ1) is 7.56. The smallest absolute Gasteiger partial charge is 0.331 e. The molecule has 0 saturated heterocycles. The maximum absolute atomic E-state index is 11.8. The molecule has 16 heavy (non-hydrogen) atoms. The third kappa shape index (κ3) is 2.73. The minimum absolute atomic E-state index is 0.257. The summed E-state index contributed by atoms with van der Waals surface area (Å²) in [6.07, 6.45) is 2.86. The predicted octanol–water partition coefficient (Wildman–Crippen LogP) is 0.659. The molecule has 5 nitrogen and oxygen atoms in total. The van der Waals surface area contributed by atoms with Crippen LogP contribution in [0.25, 0.3) is 5.57 Å². The van der Waals surface area contributed by atoms with E-state index in [-0.39, 0.29) is 11.5 Å². The van der Waals surface area contributed by atoms with E-state index in [9.17, 15) is 9.59 Å². The fourth-order valence-corrected chi connectivity index (χ4v) is 1.17. The molecule has 1 rings (SSSR count). The number of nitrogens with one attached hydrogen (secondary N) is 1. The number of carbonyl (C=O) groups excluding carboxylic acids is 2. The largest absolute Gasteiger partial charge is 0.466 e. The number of H-pyrrole nitrogens is 1. The Morgan fingerprint density at radius 1 is 1.44 bits per heavy atom. The van der Waals surface area contributed by atoms with Crippen LogP contribution in [0.4, 0.5) is 0 Å². The predicted molar refractivity (Wildman–Crippen MR) is 59.5 cm³/mol. The van der Waals surface area contributed by atoms with Crippen LogP contribution in [0.3, 0.4) is 0 Å². The molecule has 1 N–H and O–H groups in total. The highest BCUT2D eigenvalue weighted by molar-refractivity contribution is 6.22. The molecule has 0 radical (unpaired) electrons. The van der Waals surface area contributed by atoms with Gasteiger partial charge in [-0.1, -0.05) is 0 Å². The molecule has 0 spiro atoms. The van der Waals surface area contributed by atoms with Gasteiger partial charge < -0.3 is 14.6 Å². The van der Waals surface area contributed by atoms with Crippen LogP contribution in [0.15, 0.2) is 24.4 Å². The summed E-state index contributed by atoms with van der Waals surface area (Å²) in [5.41, 5.74) is 0.867. The zero-order valence-corrected chi connectivity index (χ0v) is 9.48. The number of aromatic nitrogens is 1. The van der Waals surface area contributed by atoms with Gasteiger partial charge in [-0.3, -0.25) is 4.79 Å². The van der Waals surface area contributed by atoms with E-state index in [0.717, 1.165) is 0 Å². The number of carbonyl (C=O) groups is 2. The fourth-order valence-electron chi connectivity index (χ4n) is 1.17. The summed E-state index contributed by atoms with van der Waals surface area (Å²) in [7, 11) is 4.51. The van der Waals surface area contributed by atoms with Crippen LogP contribution in [0.5, 0.6) is 0 Å². The Hall–Kier alpha value is -2.04. The van der Waals surface area contributed by atoms with Crippen molar-refractivity contribution in [2.24, 2.45) is 0 Å². The number of esters is 1. The number of ether oxygens (including phenoxy) is 1. The Morgan fingerprint density at radius 2 is 2.12 bits per heavy atom. The Bertz CT molecular complexity index is 405. The van der Waals surface area contributed by atoms with Crippen LogP contribution in [0.2, 0.25) is 0 Å². The molecule has 0 aliphatic heterocycles. The topological polar surface area (TPSA) is 62.4 Å². The molecule has 0 bridgehead atoms.